The van der Waals surface area contributed by atoms with Gasteiger partial charge in [-0.3, -0.25) is 10.1 Å². The number of rotatable bonds is 4. The van der Waals surface area contributed by atoms with E-state index in [2.05, 4.69) is 53.2 Å². The van der Waals surface area contributed by atoms with Crippen LogP contribution in [-0.4, -0.2) is 15.6 Å². The minimum absolute atomic E-state index is 0.0299. The molecule has 0 aliphatic carbocycles. The molecular formula is C24H20BrN3O3. The average molecular weight is 478 g/mol. The molecule has 2 heterocycles. The molecule has 2 aliphatic heterocycles. The lowest BCUT2D eigenvalue weighted by molar-refractivity contribution is -0.384. The highest BCUT2D eigenvalue weighted by Crippen LogP contribution is 2.48. The quantitative estimate of drug-likeness (QED) is 0.333. The van der Waals surface area contributed by atoms with Crippen LogP contribution in [0.25, 0.3) is 0 Å². The van der Waals surface area contributed by atoms with Crippen LogP contribution in [0.3, 0.4) is 0 Å². The lowest BCUT2D eigenvalue weighted by atomic mass is 9.95. The summed E-state index contributed by atoms with van der Waals surface area (Å²) in [5, 5.41) is 18.0. The van der Waals surface area contributed by atoms with Gasteiger partial charge in [-0.1, -0.05) is 47.1 Å². The van der Waals surface area contributed by atoms with Gasteiger partial charge in [-0.2, -0.15) is 5.10 Å². The normalized spacial score (nSPS) is 19.3. The molecule has 0 amide bonds. The van der Waals surface area contributed by atoms with Crippen LogP contribution in [0.1, 0.15) is 47.9 Å². The van der Waals surface area contributed by atoms with E-state index in [1.165, 1.54) is 17.7 Å². The van der Waals surface area contributed by atoms with Gasteiger partial charge in [-0.05, 0) is 47.9 Å². The number of non-ortho nitro benzene ring substituents is 1. The number of hydrazone groups is 1. The van der Waals surface area contributed by atoms with Gasteiger partial charge in [0.05, 0.1) is 16.7 Å². The minimum Gasteiger partial charge on any atom is -0.464 e. The van der Waals surface area contributed by atoms with Gasteiger partial charge >= 0.3 is 0 Å². The Balaban J connectivity index is 1.55. The van der Waals surface area contributed by atoms with Crippen molar-refractivity contribution in [3.8, 4) is 5.75 Å². The number of hydrogen-bond donors (Lipinski definition) is 0. The summed E-state index contributed by atoms with van der Waals surface area (Å²) in [4.78, 5) is 10.7. The minimum atomic E-state index is -0.452. The van der Waals surface area contributed by atoms with Gasteiger partial charge in [0.2, 0.25) is 6.23 Å². The smallest absolute Gasteiger partial charge is 0.269 e. The maximum atomic E-state index is 11.0. The largest absolute Gasteiger partial charge is 0.464 e. The summed E-state index contributed by atoms with van der Waals surface area (Å²) in [5.74, 6) is 0.811. The Kier molecular flexibility index (Phi) is 4.98. The Labute approximate surface area is 188 Å². The summed E-state index contributed by atoms with van der Waals surface area (Å²) in [5.41, 5.74) is 5.37. The summed E-state index contributed by atoms with van der Waals surface area (Å²) < 4.78 is 7.33. The zero-order valence-corrected chi connectivity index (χ0v) is 18.5. The maximum Gasteiger partial charge on any atom is 0.269 e. The number of benzene rings is 3. The maximum absolute atomic E-state index is 11.0. The second-order valence-corrected chi connectivity index (χ2v) is 8.61. The van der Waals surface area contributed by atoms with Crippen molar-refractivity contribution in [2.75, 3.05) is 0 Å². The van der Waals surface area contributed by atoms with E-state index in [0.717, 1.165) is 45.5 Å². The van der Waals surface area contributed by atoms with Crippen molar-refractivity contribution in [1.29, 1.82) is 0 Å². The molecule has 0 saturated carbocycles. The highest BCUT2D eigenvalue weighted by molar-refractivity contribution is 9.10. The number of ether oxygens (including phenoxy) is 1. The summed E-state index contributed by atoms with van der Waals surface area (Å²) in [7, 11) is 0. The first-order chi connectivity index (χ1) is 15.0. The van der Waals surface area contributed by atoms with E-state index in [1.54, 1.807) is 12.1 Å². The molecule has 0 radical (unpaired) electrons. The lowest BCUT2D eigenvalue weighted by Gasteiger charge is -2.38. The van der Waals surface area contributed by atoms with Crippen LogP contribution in [0, 0.1) is 10.1 Å². The molecule has 31 heavy (non-hydrogen) atoms. The van der Waals surface area contributed by atoms with Gasteiger partial charge < -0.3 is 4.74 Å². The SMILES string of the molecule is CCc1ccc(C2=NN3C(C2)c2cc(Br)ccc2OC3c2ccc([N+](=O)[O-])cc2)cc1. The Bertz CT molecular complexity index is 1180. The van der Waals surface area contributed by atoms with Crippen molar-refractivity contribution in [2.24, 2.45) is 5.10 Å². The molecule has 0 N–H and O–H groups in total. The van der Waals surface area contributed by atoms with E-state index in [1.807, 2.05) is 17.1 Å². The van der Waals surface area contributed by atoms with Crippen molar-refractivity contribution < 1.29 is 9.66 Å². The molecule has 3 aromatic carbocycles. The van der Waals surface area contributed by atoms with Gasteiger partial charge in [-0.15, -0.1) is 0 Å². The third-order valence-corrected chi connectivity index (χ3v) is 6.33. The molecule has 3 aromatic rings. The molecule has 0 bridgehead atoms. The van der Waals surface area contributed by atoms with E-state index in [-0.39, 0.29) is 11.7 Å². The predicted octanol–water partition coefficient (Wildman–Crippen LogP) is 6.16. The van der Waals surface area contributed by atoms with Crippen LogP contribution in [0.5, 0.6) is 5.75 Å². The Hall–Kier alpha value is -3.19. The highest BCUT2D eigenvalue weighted by atomic mass is 79.9. The van der Waals surface area contributed by atoms with E-state index < -0.39 is 11.2 Å². The fraction of sp³-hybridized carbons (Fsp3) is 0.208. The average Bonchev–Trinajstić information content (AvgIpc) is 3.24. The van der Waals surface area contributed by atoms with Crippen molar-refractivity contribution >= 4 is 27.3 Å². The number of aryl methyl sites for hydroxylation is 1. The van der Waals surface area contributed by atoms with Crippen LogP contribution in [0.4, 0.5) is 5.69 Å². The summed E-state index contributed by atoms with van der Waals surface area (Å²) in [6.45, 7) is 2.14. The molecule has 2 aliphatic rings. The van der Waals surface area contributed by atoms with Gasteiger partial charge in [0.1, 0.15) is 5.75 Å². The number of hydrogen-bond acceptors (Lipinski definition) is 5. The molecule has 7 heteroatoms. The van der Waals surface area contributed by atoms with E-state index in [4.69, 9.17) is 9.84 Å². The van der Waals surface area contributed by atoms with E-state index >= 15 is 0 Å². The third-order valence-electron chi connectivity index (χ3n) is 5.84. The zero-order valence-electron chi connectivity index (χ0n) is 16.9. The fourth-order valence-electron chi connectivity index (χ4n) is 4.15. The Morgan fingerprint density at radius 2 is 1.87 bits per heavy atom. The molecule has 2 atom stereocenters. The summed E-state index contributed by atoms with van der Waals surface area (Å²) >= 11 is 3.57. The lowest BCUT2D eigenvalue weighted by Crippen LogP contribution is -2.33. The van der Waals surface area contributed by atoms with E-state index in [9.17, 15) is 10.1 Å². The molecule has 5 rings (SSSR count). The van der Waals surface area contributed by atoms with Gasteiger partial charge in [0, 0.05) is 34.2 Å². The Morgan fingerprint density at radius 3 is 2.55 bits per heavy atom. The first-order valence-corrected chi connectivity index (χ1v) is 11.0. The molecule has 0 saturated heterocycles. The highest BCUT2D eigenvalue weighted by Gasteiger charge is 2.41. The molecule has 0 fully saturated rings. The van der Waals surface area contributed by atoms with Gasteiger partial charge in [0.25, 0.3) is 5.69 Å². The van der Waals surface area contributed by atoms with Crippen LogP contribution >= 0.6 is 15.9 Å². The number of halogens is 1. The van der Waals surface area contributed by atoms with Crippen LogP contribution < -0.4 is 4.74 Å². The van der Waals surface area contributed by atoms with Crippen LogP contribution in [0.2, 0.25) is 0 Å². The molecule has 0 aromatic heterocycles. The number of nitro groups is 1. The summed E-state index contributed by atoms with van der Waals surface area (Å²) in [6, 6.07) is 21.1. The number of fused-ring (bicyclic) bond motifs is 3. The molecule has 0 spiro atoms. The van der Waals surface area contributed by atoms with Crippen molar-refractivity contribution in [3.05, 3.63) is 104 Å². The van der Waals surface area contributed by atoms with Crippen molar-refractivity contribution in [2.45, 2.75) is 32.0 Å². The molecular weight excluding hydrogens is 458 g/mol. The first-order valence-electron chi connectivity index (χ1n) is 10.2. The molecule has 156 valence electrons. The number of nitro benzene ring substituents is 1. The van der Waals surface area contributed by atoms with Gasteiger partial charge in [-0.25, -0.2) is 5.01 Å². The van der Waals surface area contributed by atoms with Crippen LogP contribution in [0.15, 0.2) is 76.3 Å². The van der Waals surface area contributed by atoms with Gasteiger partial charge in [0.15, 0.2) is 0 Å². The zero-order chi connectivity index (χ0) is 21.5. The topological polar surface area (TPSA) is 68.0 Å². The second-order valence-electron chi connectivity index (χ2n) is 7.70. The second kappa shape index (κ2) is 7.81. The molecule has 6 nitrogen and oxygen atoms in total. The van der Waals surface area contributed by atoms with Crippen LogP contribution in [-0.2, 0) is 6.42 Å². The molecule has 2 unspecified atom stereocenters. The van der Waals surface area contributed by atoms with E-state index in [0.29, 0.717) is 0 Å². The van der Waals surface area contributed by atoms with Crippen molar-refractivity contribution in [3.63, 3.8) is 0 Å². The van der Waals surface area contributed by atoms with Crippen molar-refractivity contribution in [1.82, 2.24) is 5.01 Å². The summed E-state index contributed by atoms with van der Waals surface area (Å²) in [6.07, 6.45) is 1.31. The fourth-order valence-corrected chi connectivity index (χ4v) is 4.52. The predicted molar refractivity (Wildman–Crippen MR) is 122 cm³/mol. The third kappa shape index (κ3) is 3.59. The Morgan fingerprint density at radius 1 is 1.13 bits per heavy atom. The monoisotopic (exact) mass is 477 g/mol. The number of nitrogens with zero attached hydrogens (tertiary/aromatic N) is 3. The standard InChI is InChI=1S/C24H20BrN3O3/c1-2-15-3-5-16(6-4-15)21-14-22-20-13-18(25)9-12-23(20)31-24(27(22)26-21)17-7-10-19(11-8-17)28(29)30/h3-13,22,24H,2,14H2,1H3. The first kappa shape index (κ1) is 19.8.